The second kappa shape index (κ2) is 3.76. The second-order valence-corrected chi connectivity index (χ2v) is 6.56. The fourth-order valence-electron chi connectivity index (χ4n) is 5.35. The van der Waals surface area contributed by atoms with Crippen molar-refractivity contribution < 1.29 is 0 Å². The maximum Gasteiger partial charge on any atom is -0.00746 e. The summed E-state index contributed by atoms with van der Waals surface area (Å²) in [6, 6.07) is 0. The van der Waals surface area contributed by atoms with Crippen molar-refractivity contribution in [2.75, 3.05) is 6.54 Å². The highest BCUT2D eigenvalue weighted by molar-refractivity contribution is 4.99. The van der Waals surface area contributed by atoms with Crippen LogP contribution in [0.5, 0.6) is 0 Å². The third-order valence-electron chi connectivity index (χ3n) is 5.58. The first-order chi connectivity index (χ1) is 7.28. The molecule has 4 fully saturated rings. The molecule has 4 rings (SSSR count). The van der Waals surface area contributed by atoms with Crippen molar-refractivity contribution in [1.29, 1.82) is 0 Å². The van der Waals surface area contributed by atoms with E-state index in [2.05, 4.69) is 6.92 Å². The van der Waals surface area contributed by atoms with E-state index in [4.69, 9.17) is 5.73 Å². The van der Waals surface area contributed by atoms with Crippen LogP contribution in [-0.2, 0) is 0 Å². The molecule has 0 aromatic rings. The molecule has 1 atom stereocenters. The lowest BCUT2D eigenvalue weighted by Gasteiger charge is -2.56. The Kier molecular flexibility index (Phi) is 2.54. The van der Waals surface area contributed by atoms with Crippen LogP contribution in [0.3, 0.4) is 0 Å². The van der Waals surface area contributed by atoms with Crippen LogP contribution in [0.25, 0.3) is 0 Å². The Balaban J connectivity index is 1.74. The lowest BCUT2D eigenvalue weighted by Crippen LogP contribution is -2.47. The van der Waals surface area contributed by atoms with Crippen LogP contribution in [0.15, 0.2) is 0 Å². The number of rotatable bonds is 3. The van der Waals surface area contributed by atoms with Gasteiger partial charge in [-0.1, -0.05) is 6.92 Å². The molecule has 4 saturated carbocycles. The van der Waals surface area contributed by atoms with Gasteiger partial charge in [-0.25, -0.2) is 0 Å². The van der Waals surface area contributed by atoms with Crippen molar-refractivity contribution >= 4 is 0 Å². The van der Waals surface area contributed by atoms with E-state index < -0.39 is 0 Å². The van der Waals surface area contributed by atoms with Crippen LogP contribution >= 0.6 is 0 Å². The molecule has 0 aliphatic heterocycles. The minimum atomic E-state index is 0.893. The number of nitrogens with two attached hydrogens (primary N) is 1. The van der Waals surface area contributed by atoms with Gasteiger partial charge in [0.25, 0.3) is 0 Å². The average molecular weight is 207 g/mol. The van der Waals surface area contributed by atoms with Crippen LogP contribution in [0.2, 0.25) is 0 Å². The van der Waals surface area contributed by atoms with Gasteiger partial charge in [-0.2, -0.15) is 0 Å². The first kappa shape index (κ1) is 10.1. The van der Waals surface area contributed by atoms with Gasteiger partial charge in [0.1, 0.15) is 0 Å². The zero-order valence-corrected chi connectivity index (χ0v) is 9.99. The van der Waals surface area contributed by atoms with Gasteiger partial charge in [-0.15, -0.1) is 0 Å². The summed E-state index contributed by atoms with van der Waals surface area (Å²) in [5.74, 6) is 6.35. The summed E-state index contributed by atoms with van der Waals surface area (Å²) in [4.78, 5) is 0. The van der Waals surface area contributed by atoms with Gasteiger partial charge in [0.2, 0.25) is 0 Å². The third kappa shape index (κ3) is 1.63. The molecule has 0 amide bonds. The molecule has 2 N–H and O–H groups in total. The van der Waals surface area contributed by atoms with Gasteiger partial charge < -0.3 is 5.73 Å². The quantitative estimate of drug-likeness (QED) is 0.756. The van der Waals surface area contributed by atoms with E-state index in [1.54, 1.807) is 32.1 Å². The van der Waals surface area contributed by atoms with Gasteiger partial charge in [-0.05, 0) is 80.6 Å². The molecule has 0 spiro atoms. The molecule has 1 unspecified atom stereocenters. The summed E-state index contributed by atoms with van der Waals surface area (Å²) in [6.07, 6.45) is 9.08. The summed E-state index contributed by atoms with van der Waals surface area (Å²) in [7, 11) is 0. The molecule has 0 aromatic carbocycles. The second-order valence-electron chi connectivity index (χ2n) is 6.56. The van der Waals surface area contributed by atoms with Crippen LogP contribution in [0.4, 0.5) is 0 Å². The molecule has 4 aliphatic rings. The topological polar surface area (TPSA) is 26.0 Å². The Bertz CT molecular complexity index is 207. The molecular weight excluding hydrogens is 182 g/mol. The first-order valence-corrected chi connectivity index (χ1v) is 6.98. The minimum Gasteiger partial charge on any atom is -0.330 e. The Morgan fingerprint density at radius 1 is 1.00 bits per heavy atom. The fraction of sp³-hybridized carbons (Fsp3) is 1.00. The van der Waals surface area contributed by atoms with Gasteiger partial charge in [0.15, 0.2) is 0 Å². The van der Waals surface area contributed by atoms with E-state index in [1.807, 2.05) is 0 Å². The molecule has 86 valence electrons. The molecule has 0 saturated heterocycles. The molecule has 1 nitrogen and oxygen atoms in total. The maximum absolute atomic E-state index is 5.72. The first-order valence-electron chi connectivity index (χ1n) is 6.98. The monoisotopic (exact) mass is 207 g/mol. The van der Waals surface area contributed by atoms with E-state index in [9.17, 15) is 0 Å². The molecular formula is C14H25N. The summed E-state index contributed by atoms with van der Waals surface area (Å²) in [5, 5.41) is 0. The fourth-order valence-corrected chi connectivity index (χ4v) is 5.35. The van der Waals surface area contributed by atoms with Crippen molar-refractivity contribution in [1.82, 2.24) is 0 Å². The van der Waals surface area contributed by atoms with Crippen molar-refractivity contribution in [3.63, 3.8) is 0 Å². The highest BCUT2D eigenvalue weighted by atomic mass is 14.6. The lowest BCUT2D eigenvalue weighted by molar-refractivity contribution is -0.0593. The minimum absolute atomic E-state index is 0.893. The zero-order chi connectivity index (χ0) is 10.4. The van der Waals surface area contributed by atoms with Crippen LogP contribution in [0.1, 0.15) is 45.4 Å². The SMILES string of the molecule is CC(CCN)C1C2CC3CC(C2)CC1C3. The number of hydrogen-bond acceptors (Lipinski definition) is 1. The van der Waals surface area contributed by atoms with Crippen molar-refractivity contribution in [2.45, 2.75) is 45.4 Å². The van der Waals surface area contributed by atoms with Gasteiger partial charge in [0.05, 0.1) is 0 Å². The van der Waals surface area contributed by atoms with Crippen LogP contribution in [-0.4, -0.2) is 6.54 Å². The Morgan fingerprint density at radius 3 is 2.00 bits per heavy atom. The highest BCUT2D eigenvalue weighted by Gasteiger charge is 2.49. The van der Waals surface area contributed by atoms with E-state index in [-0.39, 0.29) is 0 Å². The van der Waals surface area contributed by atoms with Gasteiger partial charge in [-0.3, -0.25) is 0 Å². The molecule has 4 bridgehead atoms. The Labute approximate surface area is 93.8 Å². The molecule has 4 aliphatic carbocycles. The van der Waals surface area contributed by atoms with Crippen molar-refractivity contribution in [3.8, 4) is 0 Å². The summed E-state index contributed by atoms with van der Waals surface area (Å²) in [5.41, 5.74) is 5.72. The van der Waals surface area contributed by atoms with Gasteiger partial charge in [0, 0.05) is 0 Å². The average Bonchev–Trinajstić information content (AvgIpc) is 2.15. The van der Waals surface area contributed by atoms with E-state index in [0.717, 1.165) is 42.1 Å². The molecule has 0 heterocycles. The lowest BCUT2D eigenvalue weighted by atomic mass is 9.49. The highest BCUT2D eigenvalue weighted by Crippen LogP contribution is 2.58. The van der Waals surface area contributed by atoms with Crippen molar-refractivity contribution in [3.05, 3.63) is 0 Å². The standard InChI is InChI=1S/C14H25N/c1-9(2-3-15)14-12-5-10-4-11(7-12)8-13(14)6-10/h9-14H,2-8,15H2,1H3. The Hall–Kier alpha value is -0.0400. The Morgan fingerprint density at radius 2 is 1.53 bits per heavy atom. The number of hydrogen-bond donors (Lipinski definition) is 1. The van der Waals surface area contributed by atoms with E-state index in [0.29, 0.717) is 0 Å². The van der Waals surface area contributed by atoms with E-state index in [1.165, 1.54) is 6.42 Å². The van der Waals surface area contributed by atoms with E-state index >= 15 is 0 Å². The maximum atomic E-state index is 5.72. The van der Waals surface area contributed by atoms with Crippen LogP contribution in [0, 0.1) is 35.5 Å². The summed E-state index contributed by atoms with van der Waals surface area (Å²) >= 11 is 0. The predicted molar refractivity (Wildman–Crippen MR) is 63.4 cm³/mol. The normalized spacial score (nSPS) is 49.6. The third-order valence-corrected chi connectivity index (χ3v) is 5.58. The molecule has 0 radical (unpaired) electrons. The molecule has 0 aromatic heterocycles. The summed E-state index contributed by atoms with van der Waals surface area (Å²) in [6.45, 7) is 3.35. The van der Waals surface area contributed by atoms with Crippen LogP contribution < -0.4 is 5.73 Å². The predicted octanol–water partition coefficient (Wildman–Crippen LogP) is 3.04. The molecule has 1 heteroatoms. The molecule has 15 heavy (non-hydrogen) atoms. The summed E-state index contributed by atoms with van der Waals surface area (Å²) < 4.78 is 0. The van der Waals surface area contributed by atoms with Gasteiger partial charge >= 0.3 is 0 Å². The van der Waals surface area contributed by atoms with Crippen molar-refractivity contribution in [2.24, 2.45) is 41.2 Å². The smallest absolute Gasteiger partial charge is 0.00746 e. The largest absolute Gasteiger partial charge is 0.330 e. The zero-order valence-electron chi connectivity index (χ0n) is 9.99.